The summed E-state index contributed by atoms with van der Waals surface area (Å²) in [5, 5.41) is 6.61. The van der Waals surface area contributed by atoms with Gasteiger partial charge in [-0.05, 0) is 55.0 Å². The minimum absolute atomic E-state index is 0. The number of nitrogens with zero attached hydrogens (tertiary/aromatic N) is 3. The molecule has 7 nitrogen and oxygen atoms in total. The van der Waals surface area contributed by atoms with Gasteiger partial charge in [0.05, 0.1) is 0 Å². The van der Waals surface area contributed by atoms with E-state index in [0.717, 1.165) is 24.0 Å². The maximum atomic E-state index is 12.0. The van der Waals surface area contributed by atoms with Crippen molar-refractivity contribution in [3.05, 3.63) is 59.3 Å². The molecular weight excluding hydrogens is 505 g/mol. The SMILES string of the molecule is CN=C(NCc1ccc(C(=O)N(C)C)cc1)NCc1ccnc(OC2CCCC2)c1.I. The highest BCUT2D eigenvalue weighted by Crippen LogP contribution is 2.23. The standard InChI is InChI=1S/C23H31N5O2.HI/c1-24-23(26-15-17-8-10-19(11-9-17)22(29)28(2)3)27-16-18-12-13-25-21(14-18)30-20-6-4-5-7-20;/h8-14,20H,4-7,15-16H2,1-3H3,(H2,24,26,27);1H. The number of ether oxygens (including phenoxy) is 1. The Labute approximate surface area is 201 Å². The van der Waals surface area contributed by atoms with Crippen molar-refractivity contribution in [3.8, 4) is 5.88 Å². The molecule has 1 aromatic carbocycles. The number of rotatable bonds is 7. The molecule has 0 radical (unpaired) electrons. The summed E-state index contributed by atoms with van der Waals surface area (Å²) in [6.45, 7) is 1.24. The number of amides is 1. The minimum atomic E-state index is 0. The summed E-state index contributed by atoms with van der Waals surface area (Å²) in [5.41, 5.74) is 2.84. The summed E-state index contributed by atoms with van der Waals surface area (Å²) < 4.78 is 5.98. The van der Waals surface area contributed by atoms with Crippen molar-refractivity contribution in [2.24, 2.45) is 4.99 Å². The Morgan fingerprint density at radius 2 is 1.74 bits per heavy atom. The van der Waals surface area contributed by atoms with Crippen molar-refractivity contribution < 1.29 is 9.53 Å². The van der Waals surface area contributed by atoms with Crippen LogP contribution in [0.3, 0.4) is 0 Å². The molecule has 1 aliphatic carbocycles. The summed E-state index contributed by atoms with van der Waals surface area (Å²) in [6, 6.07) is 11.6. The van der Waals surface area contributed by atoms with Gasteiger partial charge in [0.25, 0.3) is 5.91 Å². The average Bonchev–Trinajstić information content (AvgIpc) is 3.27. The van der Waals surface area contributed by atoms with Crippen LogP contribution in [0.25, 0.3) is 0 Å². The van der Waals surface area contributed by atoms with Crippen LogP contribution in [0.15, 0.2) is 47.6 Å². The van der Waals surface area contributed by atoms with E-state index in [9.17, 15) is 4.79 Å². The van der Waals surface area contributed by atoms with Crippen molar-refractivity contribution in [1.82, 2.24) is 20.5 Å². The monoisotopic (exact) mass is 537 g/mol. The largest absolute Gasteiger partial charge is 0.474 e. The Hall–Kier alpha value is -2.36. The van der Waals surface area contributed by atoms with Crippen molar-refractivity contribution >= 4 is 35.8 Å². The predicted octanol–water partition coefficient (Wildman–Crippen LogP) is 3.59. The number of carbonyl (C=O) groups is 1. The van der Waals surface area contributed by atoms with Crippen molar-refractivity contribution in [2.45, 2.75) is 44.9 Å². The quantitative estimate of drug-likeness (QED) is 0.321. The van der Waals surface area contributed by atoms with Crippen molar-refractivity contribution in [2.75, 3.05) is 21.1 Å². The molecule has 0 saturated heterocycles. The number of nitrogens with one attached hydrogen (secondary N) is 2. The average molecular weight is 537 g/mol. The van der Waals surface area contributed by atoms with Gasteiger partial charge in [-0.15, -0.1) is 24.0 Å². The van der Waals surface area contributed by atoms with Gasteiger partial charge in [0, 0.05) is 52.1 Å². The van der Waals surface area contributed by atoms with Crippen LogP contribution in [0.4, 0.5) is 0 Å². The number of hydrogen-bond donors (Lipinski definition) is 2. The Bertz CT molecular complexity index is 865. The van der Waals surface area contributed by atoms with E-state index in [4.69, 9.17) is 4.74 Å². The second-order valence-corrected chi connectivity index (χ2v) is 7.70. The Kier molecular flexibility index (Phi) is 10.0. The molecule has 0 atom stereocenters. The van der Waals surface area contributed by atoms with E-state index in [1.165, 1.54) is 12.8 Å². The summed E-state index contributed by atoms with van der Waals surface area (Å²) in [7, 11) is 5.25. The lowest BCUT2D eigenvalue weighted by Gasteiger charge is -2.14. The third-order valence-corrected chi connectivity index (χ3v) is 5.14. The first-order valence-electron chi connectivity index (χ1n) is 10.4. The fourth-order valence-electron chi connectivity index (χ4n) is 3.42. The molecule has 2 N–H and O–H groups in total. The number of benzene rings is 1. The molecular formula is C23H32IN5O2. The van der Waals surface area contributed by atoms with Gasteiger partial charge in [0.1, 0.15) is 6.10 Å². The van der Waals surface area contributed by atoms with E-state index in [-0.39, 0.29) is 29.9 Å². The van der Waals surface area contributed by atoms with Gasteiger partial charge >= 0.3 is 0 Å². The first-order valence-corrected chi connectivity index (χ1v) is 10.4. The number of hydrogen-bond acceptors (Lipinski definition) is 4. The number of aliphatic imine (C=N–C) groups is 1. The molecule has 2 aromatic rings. The molecule has 0 unspecified atom stereocenters. The second kappa shape index (κ2) is 12.5. The van der Waals surface area contributed by atoms with Crippen LogP contribution in [-0.2, 0) is 13.1 Å². The first-order chi connectivity index (χ1) is 14.5. The van der Waals surface area contributed by atoms with Crippen molar-refractivity contribution in [3.63, 3.8) is 0 Å². The van der Waals surface area contributed by atoms with E-state index in [2.05, 4.69) is 20.6 Å². The maximum Gasteiger partial charge on any atom is 0.253 e. The van der Waals surface area contributed by atoms with E-state index >= 15 is 0 Å². The minimum Gasteiger partial charge on any atom is -0.474 e. The first kappa shape index (κ1) is 24.9. The zero-order valence-electron chi connectivity index (χ0n) is 18.4. The molecule has 31 heavy (non-hydrogen) atoms. The summed E-state index contributed by atoms with van der Waals surface area (Å²) in [4.78, 5) is 22.2. The second-order valence-electron chi connectivity index (χ2n) is 7.70. The van der Waals surface area contributed by atoms with Crippen LogP contribution in [0.5, 0.6) is 5.88 Å². The molecule has 0 aliphatic heterocycles. The molecule has 1 heterocycles. The van der Waals surface area contributed by atoms with Gasteiger partial charge in [0.15, 0.2) is 5.96 Å². The lowest BCUT2D eigenvalue weighted by atomic mass is 10.1. The highest BCUT2D eigenvalue weighted by Gasteiger charge is 2.17. The van der Waals surface area contributed by atoms with E-state index in [1.54, 1.807) is 32.2 Å². The Morgan fingerprint density at radius 3 is 2.35 bits per heavy atom. The fourth-order valence-corrected chi connectivity index (χ4v) is 3.42. The summed E-state index contributed by atoms with van der Waals surface area (Å²) in [5.74, 6) is 1.40. The van der Waals surface area contributed by atoms with Gasteiger partial charge in [0.2, 0.25) is 5.88 Å². The van der Waals surface area contributed by atoms with Crippen molar-refractivity contribution in [1.29, 1.82) is 0 Å². The lowest BCUT2D eigenvalue weighted by molar-refractivity contribution is 0.0827. The van der Waals surface area contributed by atoms with Gasteiger partial charge in [-0.2, -0.15) is 0 Å². The molecule has 0 spiro atoms. The number of pyridine rings is 1. The molecule has 8 heteroatoms. The smallest absolute Gasteiger partial charge is 0.253 e. The molecule has 1 amide bonds. The van der Waals surface area contributed by atoms with Gasteiger partial charge in [-0.3, -0.25) is 9.79 Å². The van der Waals surface area contributed by atoms with Gasteiger partial charge in [-0.1, -0.05) is 12.1 Å². The zero-order chi connectivity index (χ0) is 21.3. The highest BCUT2D eigenvalue weighted by molar-refractivity contribution is 14.0. The molecule has 1 saturated carbocycles. The van der Waals surface area contributed by atoms with Gasteiger partial charge < -0.3 is 20.3 Å². The number of halogens is 1. The predicted molar refractivity (Wildman–Crippen MR) is 134 cm³/mol. The lowest BCUT2D eigenvalue weighted by Crippen LogP contribution is -2.36. The van der Waals surface area contributed by atoms with Crippen LogP contribution >= 0.6 is 24.0 Å². The third-order valence-electron chi connectivity index (χ3n) is 5.14. The van der Waals surface area contributed by atoms with Crippen LogP contribution in [0.2, 0.25) is 0 Å². The zero-order valence-corrected chi connectivity index (χ0v) is 20.8. The fraction of sp³-hybridized carbons (Fsp3) is 0.435. The number of guanidine groups is 1. The molecule has 1 aliphatic rings. The number of aromatic nitrogens is 1. The third kappa shape index (κ3) is 7.68. The number of carbonyl (C=O) groups excluding carboxylic acids is 1. The normalized spacial score (nSPS) is 14.0. The topological polar surface area (TPSA) is 78.9 Å². The van der Waals surface area contributed by atoms with Crippen LogP contribution in [0, 0.1) is 0 Å². The molecule has 3 rings (SSSR count). The van der Waals surface area contributed by atoms with Gasteiger partial charge in [-0.25, -0.2) is 4.98 Å². The Morgan fingerprint density at radius 1 is 1.10 bits per heavy atom. The summed E-state index contributed by atoms with van der Waals surface area (Å²) >= 11 is 0. The Balaban J connectivity index is 0.00000341. The van der Waals surface area contributed by atoms with Crippen LogP contribution in [0.1, 0.15) is 47.2 Å². The molecule has 168 valence electrons. The van der Waals surface area contributed by atoms with E-state index < -0.39 is 0 Å². The van der Waals surface area contributed by atoms with Crippen LogP contribution in [-0.4, -0.2) is 49.0 Å². The maximum absolute atomic E-state index is 12.0. The highest BCUT2D eigenvalue weighted by atomic mass is 127. The van der Waals surface area contributed by atoms with Crippen LogP contribution < -0.4 is 15.4 Å². The van der Waals surface area contributed by atoms with E-state index in [0.29, 0.717) is 36.6 Å². The molecule has 1 fully saturated rings. The summed E-state index contributed by atoms with van der Waals surface area (Å²) in [6.07, 6.45) is 6.80. The molecule has 1 aromatic heterocycles. The van der Waals surface area contributed by atoms with E-state index in [1.807, 2.05) is 36.4 Å². The molecule has 0 bridgehead atoms.